The molecule has 0 fully saturated rings. The van der Waals surface area contributed by atoms with E-state index in [1.54, 1.807) is 0 Å². The number of rotatable bonds is 5. The number of hydrogen-bond acceptors (Lipinski definition) is 2. The summed E-state index contributed by atoms with van der Waals surface area (Å²) in [5.41, 5.74) is 5.16. The molecule has 0 aromatic carbocycles. The standard InChI is InChI=1S/C8H18N2O/c1-3-5-7(4-2)10-8(11)6-9/h7H,3-6,9H2,1-2H3,(H,10,11). The third kappa shape index (κ3) is 4.79. The Balaban J connectivity index is 3.58. The highest BCUT2D eigenvalue weighted by Crippen LogP contribution is 1.99. The van der Waals surface area contributed by atoms with E-state index in [0.29, 0.717) is 6.04 Å². The topological polar surface area (TPSA) is 55.1 Å². The second kappa shape index (κ2) is 6.16. The number of nitrogens with two attached hydrogens (primary N) is 1. The highest BCUT2D eigenvalue weighted by atomic mass is 16.1. The minimum atomic E-state index is -0.0506. The van der Waals surface area contributed by atoms with Gasteiger partial charge in [-0.2, -0.15) is 0 Å². The van der Waals surface area contributed by atoms with E-state index < -0.39 is 0 Å². The Morgan fingerprint density at radius 3 is 2.55 bits per heavy atom. The first-order valence-electron chi connectivity index (χ1n) is 4.24. The molecule has 0 heterocycles. The maximum Gasteiger partial charge on any atom is 0.233 e. The van der Waals surface area contributed by atoms with Crippen LogP contribution in [-0.4, -0.2) is 18.5 Å². The Kier molecular flexibility index (Phi) is 5.84. The average Bonchev–Trinajstić information content (AvgIpc) is 2.03. The molecular weight excluding hydrogens is 140 g/mol. The van der Waals surface area contributed by atoms with Crippen molar-refractivity contribution in [2.24, 2.45) is 5.73 Å². The smallest absolute Gasteiger partial charge is 0.233 e. The molecular formula is C8H18N2O. The van der Waals surface area contributed by atoms with Crippen LogP contribution in [0.25, 0.3) is 0 Å². The van der Waals surface area contributed by atoms with E-state index in [1.807, 2.05) is 0 Å². The molecule has 0 spiro atoms. The van der Waals surface area contributed by atoms with Gasteiger partial charge in [-0.05, 0) is 12.8 Å². The van der Waals surface area contributed by atoms with E-state index in [-0.39, 0.29) is 12.5 Å². The van der Waals surface area contributed by atoms with Crippen molar-refractivity contribution < 1.29 is 4.79 Å². The molecule has 3 N–H and O–H groups in total. The predicted octanol–water partition coefficient (Wildman–Crippen LogP) is 0.640. The molecule has 0 aliphatic heterocycles. The van der Waals surface area contributed by atoms with Crippen LogP contribution in [0.5, 0.6) is 0 Å². The summed E-state index contributed by atoms with van der Waals surface area (Å²) >= 11 is 0. The Hall–Kier alpha value is -0.570. The molecule has 0 aliphatic carbocycles. The van der Waals surface area contributed by atoms with Crippen LogP contribution in [0.3, 0.4) is 0 Å². The van der Waals surface area contributed by atoms with Crippen LogP contribution in [0.1, 0.15) is 33.1 Å². The highest BCUT2D eigenvalue weighted by Gasteiger charge is 2.06. The van der Waals surface area contributed by atoms with Gasteiger partial charge in [0.05, 0.1) is 6.54 Å². The second-order valence-corrected chi connectivity index (χ2v) is 2.67. The lowest BCUT2D eigenvalue weighted by Crippen LogP contribution is -2.38. The van der Waals surface area contributed by atoms with Crippen LogP contribution in [-0.2, 0) is 4.79 Å². The van der Waals surface area contributed by atoms with E-state index >= 15 is 0 Å². The van der Waals surface area contributed by atoms with E-state index in [9.17, 15) is 4.79 Å². The molecule has 0 aromatic heterocycles. The van der Waals surface area contributed by atoms with Gasteiger partial charge in [-0.1, -0.05) is 20.3 Å². The zero-order valence-electron chi connectivity index (χ0n) is 7.39. The first kappa shape index (κ1) is 10.4. The summed E-state index contributed by atoms with van der Waals surface area (Å²) < 4.78 is 0. The maximum absolute atomic E-state index is 10.8. The van der Waals surface area contributed by atoms with Crippen molar-refractivity contribution in [3.05, 3.63) is 0 Å². The molecule has 0 aromatic rings. The van der Waals surface area contributed by atoms with Gasteiger partial charge in [0, 0.05) is 6.04 Å². The van der Waals surface area contributed by atoms with Gasteiger partial charge < -0.3 is 11.1 Å². The molecule has 0 bridgehead atoms. The lowest BCUT2D eigenvalue weighted by molar-refractivity contribution is -0.120. The fourth-order valence-corrected chi connectivity index (χ4v) is 1.01. The molecule has 0 rings (SSSR count). The van der Waals surface area contributed by atoms with Crippen molar-refractivity contribution in [1.29, 1.82) is 0 Å². The summed E-state index contributed by atoms with van der Waals surface area (Å²) in [4.78, 5) is 10.8. The highest BCUT2D eigenvalue weighted by molar-refractivity contribution is 5.78. The third-order valence-electron chi connectivity index (χ3n) is 1.68. The minimum absolute atomic E-state index is 0.0506. The summed E-state index contributed by atoms with van der Waals surface area (Å²) in [5, 5.41) is 2.85. The molecule has 3 heteroatoms. The van der Waals surface area contributed by atoms with Crippen molar-refractivity contribution in [3.63, 3.8) is 0 Å². The maximum atomic E-state index is 10.8. The molecule has 66 valence electrons. The number of carbonyl (C=O) groups excluding carboxylic acids is 1. The van der Waals surface area contributed by atoms with Crippen LogP contribution in [0.15, 0.2) is 0 Å². The van der Waals surface area contributed by atoms with Gasteiger partial charge in [0.25, 0.3) is 0 Å². The second-order valence-electron chi connectivity index (χ2n) is 2.67. The molecule has 0 aliphatic rings. The Morgan fingerprint density at radius 2 is 2.18 bits per heavy atom. The fraction of sp³-hybridized carbons (Fsp3) is 0.875. The third-order valence-corrected chi connectivity index (χ3v) is 1.68. The molecule has 1 amide bonds. The SMILES string of the molecule is CCCC(CC)NC(=O)CN. The zero-order valence-corrected chi connectivity index (χ0v) is 7.39. The Morgan fingerprint density at radius 1 is 1.55 bits per heavy atom. The molecule has 3 nitrogen and oxygen atoms in total. The van der Waals surface area contributed by atoms with Crippen molar-refractivity contribution in [3.8, 4) is 0 Å². The Labute approximate surface area is 68.3 Å². The number of nitrogens with one attached hydrogen (secondary N) is 1. The van der Waals surface area contributed by atoms with E-state index in [2.05, 4.69) is 19.2 Å². The molecule has 0 saturated carbocycles. The summed E-state index contributed by atoms with van der Waals surface area (Å²) in [6.45, 7) is 4.27. The van der Waals surface area contributed by atoms with E-state index in [4.69, 9.17) is 5.73 Å². The first-order valence-corrected chi connectivity index (χ1v) is 4.24. The van der Waals surface area contributed by atoms with Crippen molar-refractivity contribution >= 4 is 5.91 Å². The predicted molar refractivity (Wildman–Crippen MR) is 46.2 cm³/mol. The monoisotopic (exact) mass is 158 g/mol. The summed E-state index contributed by atoms with van der Waals surface area (Å²) in [7, 11) is 0. The zero-order chi connectivity index (χ0) is 8.69. The van der Waals surface area contributed by atoms with Crippen LogP contribution in [0.2, 0.25) is 0 Å². The largest absolute Gasteiger partial charge is 0.352 e. The van der Waals surface area contributed by atoms with Gasteiger partial charge >= 0.3 is 0 Å². The summed E-state index contributed by atoms with van der Waals surface area (Å²) in [6.07, 6.45) is 3.13. The van der Waals surface area contributed by atoms with E-state index in [1.165, 1.54) is 0 Å². The van der Waals surface area contributed by atoms with Crippen molar-refractivity contribution in [1.82, 2.24) is 5.32 Å². The lowest BCUT2D eigenvalue weighted by atomic mass is 10.1. The van der Waals surface area contributed by atoms with Crippen molar-refractivity contribution in [2.75, 3.05) is 6.54 Å². The van der Waals surface area contributed by atoms with Gasteiger partial charge in [0.2, 0.25) is 5.91 Å². The van der Waals surface area contributed by atoms with Gasteiger partial charge in [-0.15, -0.1) is 0 Å². The molecule has 1 unspecified atom stereocenters. The summed E-state index contributed by atoms with van der Waals surface area (Å²) in [6, 6.07) is 0.316. The fourth-order valence-electron chi connectivity index (χ4n) is 1.01. The Bertz CT molecular complexity index is 115. The minimum Gasteiger partial charge on any atom is -0.352 e. The number of amides is 1. The van der Waals surface area contributed by atoms with E-state index in [0.717, 1.165) is 19.3 Å². The van der Waals surface area contributed by atoms with Gasteiger partial charge in [-0.25, -0.2) is 0 Å². The van der Waals surface area contributed by atoms with Crippen LogP contribution in [0.4, 0.5) is 0 Å². The number of carbonyl (C=O) groups is 1. The quantitative estimate of drug-likeness (QED) is 0.617. The van der Waals surface area contributed by atoms with Crippen LogP contribution < -0.4 is 11.1 Å². The molecule has 0 radical (unpaired) electrons. The number of hydrogen-bond donors (Lipinski definition) is 2. The normalized spacial score (nSPS) is 12.6. The molecule has 1 atom stereocenters. The lowest BCUT2D eigenvalue weighted by Gasteiger charge is -2.14. The molecule has 0 saturated heterocycles. The van der Waals surface area contributed by atoms with Gasteiger partial charge in [0.1, 0.15) is 0 Å². The van der Waals surface area contributed by atoms with Gasteiger partial charge in [0.15, 0.2) is 0 Å². The average molecular weight is 158 g/mol. The molecule has 11 heavy (non-hydrogen) atoms. The summed E-state index contributed by atoms with van der Waals surface area (Å²) in [5.74, 6) is -0.0506. The van der Waals surface area contributed by atoms with Crippen LogP contribution in [0, 0.1) is 0 Å². The van der Waals surface area contributed by atoms with Crippen LogP contribution >= 0.6 is 0 Å². The van der Waals surface area contributed by atoms with Gasteiger partial charge in [-0.3, -0.25) is 4.79 Å². The van der Waals surface area contributed by atoms with Crippen molar-refractivity contribution in [2.45, 2.75) is 39.2 Å². The first-order chi connectivity index (χ1) is 5.24.